The van der Waals surface area contributed by atoms with E-state index in [1.807, 2.05) is 18.2 Å². The lowest BCUT2D eigenvalue weighted by Gasteiger charge is -2.37. The van der Waals surface area contributed by atoms with E-state index in [2.05, 4.69) is 16.8 Å². The van der Waals surface area contributed by atoms with Crippen LogP contribution in [0.3, 0.4) is 0 Å². The molecule has 0 bridgehead atoms. The van der Waals surface area contributed by atoms with Gasteiger partial charge in [0.15, 0.2) is 0 Å². The Kier molecular flexibility index (Phi) is 3.99. The summed E-state index contributed by atoms with van der Waals surface area (Å²) in [5.74, 6) is 0.157. The number of piperidine rings is 1. The second kappa shape index (κ2) is 5.74. The second-order valence-electron chi connectivity index (χ2n) is 5.99. The Bertz CT molecular complexity index is 493. The molecule has 0 N–H and O–H groups in total. The monoisotopic (exact) mass is 292 g/mol. The molecule has 1 heterocycles. The van der Waals surface area contributed by atoms with Crippen LogP contribution in [0.1, 0.15) is 36.0 Å². The highest BCUT2D eigenvalue weighted by Crippen LogP contribution is 2.33. The zero-order valence-corrected chi connectivity index (χ0v) is 12.6. The number of carbonyl (C=O) groups excluding carboxylic acids is 1. The molecule has 0 unspecified atom stereocenters. The number of rotatable bonds is 3. The first-order chi connectivity index (χ1) is 9.65. The number of amides is 1. The molecule has 1 aliphatic carbocycles. The Hall–Kier alpha value is -1.06. The number of hydrogen-bond acceptors (Lipinski definition) is 2. The predicted molar refractivity (Wildman–Crippen MR) is 81.2 cm³/mol. The molecule has 108 valence electrons. The summed E-state index contributed by atoms with van der Waals surface area (Å²) in [7, 11) is 2.15. The summed E-state index contributed by atoms with van der Waals surface area (Å²) in [6.45, 7) is 2.16. The summed E-state index contributed by atoms with van der Waals surface area (Å²) >= 11 is 6.02. The highest BCUT2D eigenvalue weighted by atomic mass is 35.5. The molecule has 1 aromatic rings. The van der Waals surface area contributed by atoms with E-state index in [9.17, 15) is 4.79 Å². The first-order valence-electron chi connectivity index (χ1n) is 7.42. The molecule has 0 atom stereocenters. The molecule has 3 nitrogen and oxygen atoms in total. The minimum Gasteiger partial charge on any atom is -0.333 e. The molecule has 4 heteroatoms. The maximum absolute atomic E-state index is 12.8. The minimum atomic E-state index is 0.157. The zero-order chi connectivity index (χ0) is 14.1. The van der Waals surface area contributed by atoms with E-state index in [4.69, 9.17) is 11.6 Å². The standard InChI is InChI=1S/C16H21ClN2O/c1-18-9-7-15(8-10-18)19(14-5-6-14)16(20)12-3-2-4-13(17)11-12/h2-4,11,14-15H,5-10H2,1H3. The van der Waals surface area contributed by atoms with Gasteiger partial charge >= 0.3 is 0 Å². The van der Waals surface area contributed by atoms with Crippen molar-refractivity contribution in [3.63, 3.8) is 0 Å². The molecule has 1 amide bonds. The maximum Gasteiger partial charge on any atom is 0.254 e. The SMILES string of the molecule is CN1CCC(N(C(=O)c2cccc(Cl)c2)C2CC2)CC1. The van der Waals surface area contributed by atoms with Crippen LogP contribution in [0.25, 0.3) is 0 Å². The average molecular weight is 293 g/mol. The van der Waals surface area contributed by atoms with Crippen molar-refractivity contribution in [3.8, 4) is 0 Å². The fraction of sp³-hybridized carbons (Fsp3) is 0.562. The van der Waals surface area contributed by atoms with E-state index in [0.29, 0.717) is 17.1 Å². The summed E-state index contributed by atoms with van der Waals surface area (Å²) < 4.78 is 0. The summed E-state index contributed by atoms with van der Waals surface area (Å²) in [6, 6.07) is 8.18. The number of benzene rings is 1. The molecule has 2 aliphatic rings. The third kappa shape index (κ3) is 2.99. The fourth-order valence-corrected chi connectivity index (χ4v) is 3.22. The number of halogens is 1. The first kappa shape index (κ1) is 13.9. The van der Waals surface area contributed by atoms with Gasteiger partial charge in [-0.15, -0.1) is 0 Å². The largest absolute Gasteiger partial charge is 0.333 e. The van der Waals surface area contributed by atoms with Gasteiger partial charge in [-0.3, -0.25) is 4.79 Å². The van der Waals surface area contributed by atoms with Crippen LogP contribution in [-0.4, -0.2) is 47.9 Å². The van der Waals surface area contributed by atoms with Crippen LogP contribution in [0.4, 0.5) is 0 Å². The van der Waals surface area contributed by atoms with Crippen molar-refractivity contribution in [2.24, 2.45) is 0 Å². The number of hydrogen-bond donors (Lipinski definition) is 0. The molecule has 1 aromatic carbocycles. The van der Waals surface area contributed by atoms with Gasteiger partial charge in [-0.2, -0.15) is 0 Å². The van der Waals surface area contributed by atoms with Gasteiger partial charge in [0.2, 0.25) is 0 Å². The summed E-state index contributed by atoms with van der Waals surface area (Å²) in [5, 5.41) is 0.634. The quantitative estimate of drug-likeness (QED) is 0.855. The molecule has 0 radical (unpaired) electrons. The van der Waals surface area contributed by atoms with E-state index < -0.39 is 0 Å². The van der Waals surface area contributed by atoms with Gasteiger partial charge in [0, 0.05) is 22.7 Å². The Morgan fingerprint density at radius 1 is 1.20 bits per heavy atom. The van der Waals surface area contributed by atoms with Gasteiger partial charge in [0.1, 0.15) is 0 Å². The van der Waals surface area contributed by atoms with Crippen LogP contribution >= 0.6 is 11.6 Å². The minimum absolute atomic E-state index is 0.157. The Morgan fingerprint density at radius 2 is 1.85 bits per heavy atom. The van der Waals surface area contributed by atoms with E-state index in [-0.39, 0.29) is 5.91 Å². The Morgan fingerprint density at radius 3 is 2.45 bits per heavy atom. The molecule has 2 fully saturated rings. The number of likely N-dealkylation sites (tertiary alicyclic amines) is 1. The predicted octanol–water partition coefficient (Wildman–Crippen LogP) is 3.04. The van der Waals surface area contributed by atoms with Crippen LogP contribution in [0, 0.1) is 0 Å². The lowest BCUT2D eigenvalue weighted by molar-refractivity contribution is 0.0569. The molecular formula is C16H21ClN2O. The van der Waals surface area contributed by atoms with Crippen LogP contribution in [-0.2, 0) is 0 Å². The molecule has 0 aromatic heterocycles. The highest BCUT2D eigenvalue weighted by Gasteiger charge is 2.38. The summed E-state index contributed by atoms with van der Waals surface area (Å²) in [4.78, 5) is 17.3. The third-order valence-electron chi connectivity index (χ3n) is 4.33. The second-order valence-corrected chi connectivity index (χ2v) is 6.42. The van der Waals surface area contributed by atoms with Crippen LogP contribution < -0.4 is 0 Å². The summed E-state index contributed by atoms with van der Waals surface area (Å²) in [5.41, 5.74) is 0.725. The smallest absolute Gasteiger partial charge is 0.254 e. The van der Waals surface area contributed by atoms with Crippen molar-refractivity contribution < 1.29 is 4.79 Å². The number of carbonyl (C=O) groups is 1. The average Bonchev–Trinajstić information content (AvgIpc) is 3.26. The van der Waals surface area contributed by atoms with Crippen molar-refractivity contribution in [3.05, 3.63) is 34.9 Å². The van der Waals surface area contributed by atoms with Gasteiger partial charge in [-0.1, -0.05) is 17.7 Å². The normalized spacial score (nSPS) is 20.9. The van der Waals surface area contributed by atoms with E-state index in [0.717, 1.165) is 44.3 Å². The summed E-state index contributed by atoms with van der Waals surface area (Å²) in [6.07, 6.45) is 4.47. The molecule has 3 rings (SSSR count). The van der Waals surface area contributed by atoms with Gasteiger partial charge in [0.05, 0.1) is 0 Å². The van der Waals surface area contributed by atoms with Crippen molar-refractivity contribution in [2.75, 3.05) is 20.1 Å². The van der Waals surface area contributed by atoms with E-state index >= 15 is 0 Å². The lowest BCUT2D eigenvalue weighted by Crippen LogP contribution is -2.47. The number of nitrogens with zero attached hydrogens (tertiary/aromatic N) is 2. The molecule has 20 heavy (non-hydrogen) atoms. The fourth-order valence-electron chi connectivity index (χ4n) is 3.03. The lowest BCUT2D eigenvalue weighted by atomic mass is 10.0. The van der Waals surface area contributed by atoms with Gasteiger partial charge in [0.25, 0.3) is 5.91 Å². The van der Waals surface area contributed by atoms with Gasteiger partial charge in [-0.05, 0) is 64.0 Å². The van der Waals surface area contributed by atoms with E-state index in [1.165, 1.54) is 0 Å². The Balaban J connectivity index is 1.78. The Labute approximate surface area is 125 Å². The van der Waals surface area contributed by atoms with Crippen LogP contribution in [0.2, 0.25) is 5.02 Å². The highest BCUT2D eigenvalue weighted by molar-refractivity contribution is 6.30. The molecule has 0 spiro atoms. The van der Waals surface area contributed by atoms with E-state index in [1.54, 1.807) is 6.07 Å². The van der Waals surface area contributed by atoms with Gasteiger partial charge < -0.3 is 9.80 Å². The zero-order valence-electron chi connectivity index (χ0n) is 11.9. The maximum atomic E-state index is 12.8. The van der Waals surface area contributed by atoms with Crippen molar-refractivity contribution in [1.82, 2.24) is 9.80 Å². The molecular weight excluding hydrogens is 272 g/mol. The third-order valence-corrected chi connectivity index (χ3v) is 4.56. The van der Waals surface area contributed by atoms with Crippen LogP contribution in [0.5, 0.6) is 0 Å². The molecule has 1 saturated heterocycles. The van der Waals surface area contributed by atoms with Gasteiger partial charge in [-0.25, -0.2) is 0 Å². The van der Waals surface area contributed by atoms with Crippen molar-refractivity contribution in [1.29, 1.82) is 0 Å². The topological polar surface area (TPSA) is 23.6 Å². The molecule has 1 saturated carbocycles. The van der Waals surface area contributed by atoms with Crippen molar-refractivity contribution in [2.45, 2.75) is 37.8 Å². The van der Waals surface area contributed by atoms with Crippen molar-refractivity contribution >= 4 is 17.5 Å². The van der Waals surface area contributed by atoms with Crippen LogP contribution in [0.15, 0.2) is 24.3 Å². The molecule has 1 aliphatic heterocycles. The first-order valence-corrected chi connectivity index (χ1v) is 7.80.